The zero-order valence-corrected chi connectivity index (χ0v) is 10.5. The van der Waals surface area contributed by atoms with E-state index in [0.29, 0.717) is 25.4 Å². The molecule has 0 aliphatic carbocycles. The van der Waals surface area contributed by atoms with E-state index in [0.717, 1.165) is 0 Å². The van der Waals surface area contributed by atoms with Gasteiger partial charge < -0.3 is 15.4 Å². The second-order valence-electron chi connectivity index (χ2n) is 4.12. The summed E-state index contributed by atoms with van der Waals surface area (Å²) in [5.74, 6) is 0.199. The zero-order valence-electron chi connectivity index (χ0n) is 10.5. The molecule has 1 atom stereocenters. The maximum atomic E-state index is 11.3. The predicted molar refractivity (Wildman–Crippen MR) is 61.9 cm³/mol. The fourth-order valence-electron chi connectivity index (χ4n) is 0.956. The number of nitrogens with one attached hydrogen (secondary N) is 2. The van der Waals surface area contributed by atoms with E-state index < -0.39 is 6.10 Å². The molecule has 94 valence electrons. The summed E-state index contributed by atoms with van der Waals surface area (Å²) in [6, 6.07) is 0. The summed E-state index contributed by atoms with van der Waals surface area (Å²) in [5, 5.41) is 5.40. The molecule has 16 heavy (non-hydrogen) atoms. The van der Waals surface area contributed by atoms with Gasteiger partial charge in [-0.1, -0.05) is 13.8 Å². The Bertz CT molecular complexity index is 229. The highest BCUT2D eigenvalue weighted by Crippen LogP contribution is 1.89. The summed E-state index contributed by atoms with van der Waals surface area (Å²) in [4.78, 5) is 22.5. The quantitative estimate of drug-likeness (QED) is 0.661. The van der Waals surface area contributed by atoms with Gasteiger partial charge in [-0.3, -0.25) is 9.59 Å². The van der Waals surface area contributed by atoms with Crippen LogP contribution in [0.25, 0.3) is 0 Å². The molecular formula is C11H22N2O3. The van der Waals surface area contributed by atoms with E-state index >= 15 is 0 Å². The van der Waals surface area contributed by atoms with E-state index in [-0.39, 0.29) is 11.8 Å². The van der Waals surface area contributed by atoms with Gasteiger partial charge in [0.25, 0.3) is 0 Å². The topological polar surface area (TPSA) is 67.4 Å². The van der Waals surface area contributed by atoms with Crippen LogP contribution in [0.4, 0.5) is 0 Å². The van der Waals surface area contributed by atoms with Crippen LogP contribution in [0, 0.1) is 5.92 Å². The highest BCUT2D eigenvalue weighted by molar-refractivity contribution is 5.81. The Labute approximate surface area is 96.9 Å². The highest BCUT2D eigenvalue weighted by Gasteiger charge is 2.11. The maximum absolute atomic E-state index is 11.3. The Hall–Kier alpha value is -1.10. The molecule has 0 aromatic carbocycles. The van der Waals surface area contributed by atoms with E-state index in [2.05, 4.69) is 10.6 Å². The van der Waals surface area contributed by atoms with Crippen LogP contribution in [0.2, 0.25) is 0 Å². The van der Waals surface area contributed by atoms with Crippen molar-refractivity contribution in [3.8, 4) is 0 Å². The fourth-order valence-corrected chi connectivity index (χ4v) is 0.956. The molecule has 5 heteroatoms. The van der Waals surface area contributed by atoms with Crippen LogP contribution < -0.4 is 10.6 Å². The van der Waals surface area contributed by atoms with Gasteiger partial charge in [-0.15, -0.1) is 0 Å². The number of carbonyl (C=O) groups excluding carboxylic acids is 2. The summed E-state index contributed by atoms with van der Waals surface area (Å²) in [6.07, 6.45) is -0.173. The van der Waals surface area contributed by atoms with Gasteiger partial charge in [-0.25, -0.2) is 0 Å². The summed E-state index contributed by atoms with van der Waals surface area (Å²) in [6.45, 7) is 6.73. The molecule has 0 aromatic heterocycles. The Morgan fingerprint density at radius 3 is 2.31 bits per heavy atom. The van der Waals surface area contributed by atoms with E-state index in [1.54, 1.807) is 6.92 Å². The van der Waals surface area contributed by atoms with Crippen LogP contribution in [0.3, 0.4) is 0 Å². The predicted octanol–water partition coefficient (Wildman–Crippen LogP) is 0.300. The van der Waals surface area contributed by atoms with Crippen LogP contribution in [-0.4, -0.2) is 38.1 Å². The van der Waals surface area contributed by atoms with Crippen molar-refractivity contribution in [1.29, 1.82) is 0 Å². The molecular weight excluding hydrogens is 208 g/mol. The Morgan fingerprint density at radius 1 is 1.19 bits per heavy atom. The lowest BCUT2D eigenvalue weighted by Crippen LogP contribution is -2.37. The molecule has 0 spiro atoms. The number of hydrogen-bond acceptors (Lipinski definition) is 3. The van der Waals surface area contributed by atoms with Crippen molar-refractivity contribution < 1.29 is 14.3 Å². The van der Waals surface area contributed by atoms with Gasteiger partial charge in [0.15, 0.2) is 0 Å². The molecule has 0 fully saturated rings. The fraction of sp³-hybridized carbons (Fsp3) is 0.818. The molecule has 0 saturated carbocycles. The third-order valence-corrected chi connectivity index (χ3v) is 2.08. The van der Waals surface area contributed by atoms with Gasteiger partial charge in [0, 0.05) is 26.6 Å². The number of carbonyl (C=O) groups is 2. The second-order valence-corrected chi connectivity index (χ2v) is 4.12. The van der Waals surface area contributed by atoms with E-state index in [1.807, 2.05) is 13.8 Å². The van der Waals surface area contributed by atoms with Crippen LogP contribution in [0.1, 0.15) is 27.2 Å². The largest absolute Gasteiger partial charge is 0.372 e. The van der Waals surface area contributed by atoms with Gasteiger partial charge in [0.05, 0.1) is 0 Å². The first kappa shape index (κ1) is 14.9. The van der Waals surface area contributed by atoms with Crippen LogP contribution in [-0.2, 0) is 14.3 Å². The molecule has 2 N–H and O–H groups in total. The van der Waals surface area contributed by atoms with Crippen molar-refractivity contribution in [3.05, 3.63) is 0 Å². The van der Waals surface area contributed by atoms with E-state index in [4.69, 9.17) is 4.74 Å². The minimum absolute atomic E-state index is 0.0425. The third kappa shape index (κ3) is 7.23. The molecule has 0 rings (SSSR count). The third-order valence-electron chi connectivity index (χ3n) is 2.08. The molecule has 0 aliphatic heterocycles. The summed E-state index contributed by atoms with van der Waals surface area (Å²) in [7, 11) is 1.47. The van der Waals surface area contributed by atoms with Crippen LogP contribution >= 0.6 is 0 Å². The molecule has 0 heterocycles. The van der Waals surface area contributed by atoms with Crippen LogP contribution in [0.15, 0.2) is 0 Å². The monoisotopic (exact) mass is 230 g/mol. The number of hydrogen-bond donors (Lipinski definition) is 2. The van der Waals surface area contributed by atoms with Gasteiger partial charge in [-0.2, -0.15) is 0 Å². The standard InChI is InChI=1S/C11H22N2O3/c1-8(2)7-13-10(14)5-6-12-11(15)9(3)16-4/h8-9H,5-7H2,1-4H3,(H,12,15)(H,13,14). The molecule has 0 aromatic rings. The van der Waals surface area contributed by atoms with Crippen molar-refractivity contribution in [3.63, 3.8) is 0 Å². The SMILES string of the molecule is COC(C)C(=O)NCCC(=O)NCC(C)C. The van der Waals surface area contributed by atoms with Gasteiger partial charge in [0.2, 0.25) is 11.8 Å². The molecule has 0 bridgehead atoms. The molecule has 0 aliphatic rings. The first-order valence-corrected chi connectivity index (χ1v) is 5.54. The minimum atomic E-state index is -0.473. The lowest BCUT2D eigenvalue weighted by molar-refractivity contribution is -0.130. The van der Waals surface area contributed by atoms with Crippen molar-refractivity contribution in [2.24, 2.45) is 5.92 Å². The lowest BCUT2D eigenvalue weighted by Gasteiger charge is -2.11. The first-order valence-electron chi connectivity index (χ1n) is 5.54. The molecule has 0 radical (unpaired) electrons. The average molecular weight is 230 g/mol. The van der Waals surface area contributed by atoms with E-state index in [9.17, 15) is 9.59 Å². The summed E-state index contributed by atoms with van der Waals surface area (Å²) in [5.41, 5.74) is 0. The van der Waals surface area contributed by atoms with Gasteiger partial charge in [0.1, 0.15) is 6.10 Å². The Morgan fingerprint density at radius 2 is 1.81 bits per heavy atom. The molecule has 5 nitrogen and oxygen atoms in total. The maximum Gasteiger partial charge on any atom is 0.248 e. The number of amides is 2. The Kier molecular flexibility index (Phi) is 7.54. The zero-order chi connectivity index (χ0) is 12.6. The van der Waals surface area contributed by atoms with Crippen molar-refractivity contribution >= 4 is 11.8 Å². The van der Waals surface area contributed by atoms with Gasteiger partial charge >= 0.3 is 0 Å². The summed E-state index contributed by atoms with van der Waals surface area (Å²) < 4.78 is 4.84. The average Bonchev–Trinajstić information content (AvgIpc) is 2.24. The van der Waals surface area contributed by atoms with Crippen molar-refractivity contribution in [2.75, 3.05) is 20.2 Å². The number of rotatable bonds is 7. The second kappa shape index (κ2) is 8.10. The lowest BCUT2D eigenvalue weighted by atomic mass is 10.2. The first-order chi connectivity index (χ1) is 7.47. The van der Waals surface area contributed by atoms with Crippen molar-refractivity contribution in [1.82, 2.24) is 10.6 Å². The number of ether oxygens (including phenoxy) is 1. The molecule has 2 amide bonds. The Balaban J connectivity index is 3.58. The highest BCUT2D eigenvalue weighted by atomic mass is 16.5. The van der Waals surface area contributed by atoms with Gasteiger partial charge in [-0.05, 0) is 12.8 Å². The van der Waals surface area contributed by atoms with Crippen LogP contribution in [0.5, 0.6) is 0 Å². The minimum Gasteiger partial charge on any atom is -0.372 e. The number of methoxy groups -OCH3 is 1. The normalized spacial score (nSPS) is 12.3. The molecule has 1 unspecified atom stereocenters. The van der Waals surface area contributed by atoms with Crippen molar-refractivity contribution in [2.45, 2.75) is 33.3 Å². The smallest absolute Gasteiger partial charge is 0.248 e. The summed E-state index contributed by atoms with van der Waals surface area (Å²) >= 11 is 0. The molecule has 0 saturated heterocycles. The van der Waals surface area contributed by atoms with E-state index in [1.165, 1.54) is 7.11 Å².